The first-order valence-corrected chi connectivity index (χ1v) is 10.5. The van der Waals surface area contributed by atoms with Gasteiger partial charge in [-0.05, 0) is 30.2 Å². The third-order valence-corrected chi connectivity index (χ3v) is 8.18. The number of aliphatic hydroxyl groups is 5. The SMILES string of the molecule is CC(=O)O[C@@H]1C[C@H](O)[C@](O)(CO)[C@@]2(C)[C@H]1[C@@](C)(C[C@H](O)c1ccoc1)[C@H](C)C[C@@H]2O. The van der Waals surface area contributed by atoms with Gasteiger partial charge < -0.3 is 34.7 Å². The number of carbonyl (C=O) groups is 1. The summed E-state index contributed by atoms with van der Waals surface area (Å²) in [5.74, 6) is -1.27. The van der Waals surface area contributed by atoms with Gasteiger partial charge in [0.05, 0.1) is 37.4 Å². The Hall–Kier alpha value is -1.45. The molecule has 9 atom stereocenters. The number of aliphatic hydroxyl groups excluding tert-OH is 4. The second-order valence-electron chi connectivity index (χ2n) is 9.68. The van der Waals surface area contributed by atoms with Crippen LogP contribution in [0.15, 0.2) is 23.0 Å². The highest BCUT2D eigenvalue weighted by Crippen LogP contribution is 2.65. The summed E-state index contributed by atoms with van der Waals surface area (Å²) < 4.78 is 10.7. The molecule has 2 fully saturated rings. The van der Waals surface area contributed by atoms with Crippen LogP contribution >= 0.6 is 0 Å². The summed E-state index contributed by atoms with van der Waals surface area (Å²) in [4.78, 5) is 11.9. The van der Waals surface area contributed by atoms with Crippen LogP contribution in [0.2, 0.25) is 0 Å². The highest BCUT2D eigenvalue weighted by Gasteiger charge is 2.71. The van der Waals surface area contributed by atoms with Crippen molar-refractivity contribution in [2.24, 2.45) is 22.7 Å². The Bertz CT molecular complexity index is 750. The molecule has 3 rings (SSSR count). The fourth-order valence-corrected chi connectivity index (χ4v) is 6.26. The molecular weight excluding hydrogens is 392 g/mol. The Morgan fingerprint density at radius 3 is 2.50 bits per heavy atom. The Morgan fingerprint density at radius 1 is 1.30 bits per heavy atom. The molecule has 0 unspecified atom stereocenters. The van der Waals surface area contributed by atoms with E-state index in [1.54, 1.807) is 13.0 Å². The van der Waals surface area contributed by atoms with Crippen LogP contribution in [0, 0.1) is 22.7 Å². The Kier molecular flexibility index (Phi) is 6.12. The molecule has 0 aliphatic heterocycles. The van der Waals surface area contributed by atoms with Gasteiger partial charge >= 0.3 is 5.97 Å². The lowest BCUT2D eigenvalue weighted by Crippen LogP contribution is -2.75. The maximum atomic E-state index is 11.9. The summed E-state index contributed by atoms with van der Waals surface area (Å²) >= 11 is 0. The molecule has 170 valence electrons. The molecule has 0 aromatic carbocycles. The van der Waals surface area contributed by atoms with Gasteiger partial charge in [-0.1, -0.05) is 20.8 Å². The maximum Gasteiger partial charge on any atom is 0.302 e. The predicted octanol–water partition coefficient (Wildman–Crippen LogP) is 1.15. The molecule has 1 aromatic heterocycles. The molecule has 0 bridgehead atoms. The van der Waals surface area contributed by atoms with E-state index in [2.05, 4.69) is 0 Å². The molecule has 0 radical (unpaired) electrons. The number of carbonyl (C=O) groups excluding carboxylic acids is 1. The third-order valence-electron chi connectivity index (χ3n) is 8.18. The van der Waals surface area contributed by atoms with E-state index in [0.717, 1.165) is 0 Å². The number of fused-ring (bicyclic) bond motifs is 1. The van der Waals surface area contributed by atoms with Crippen LogP contribution in [0.4, 0.5) is 0 Å². The minimum absolute atomic E-state index is 0.0757. The van der Waals surface area contributed by atoms with Crippen LogP contribution in [0.25, 0.3) is 0 Å². The van der Waals surface area contributed by atoms with Crippen molar-refractivity contribution in [3.8, 4) is 0 Å². The minimum Gasteiger partial charge on any atom is -0.472 e. The number of rotatable bonds is 5. The van der Waals surface area contributed by atoms with Crippen molar-refractivity contribution in [3.05, 3.63) is 24.2 Å². The van der Waals surface area contributed by atoms with E-state index in [-0.39, 0.29) is 18.8 Å². The standard InChI is InChI=1S/C22H34O8/c1-12-7-17(26)21(4)19(20(12,3)9-15(25)14-5-6-29-10-14)16(30-13(2)24)8-18(27)22(21,28)11-23/h5-6,10,12,15-19,23,25-28H,7-9,11H2,1-4H3/t12-,15+,16-,17+,18+,19-,20+,21-,22-/m1/s1. The summed E-state index contributed by atoms with van der Waals surface area (Å²) in [6, 6.07) is 1.67. The molecule has 0 amide bonds. The minimum atomic E-state index is -1.99. The predicted molar refractivity (Wildman–Crippen MR) is 106 cm³/mol. The van der Waals surface area contributed by atoms with Crippen molar-refractivity contribution < 1.29 is 39.5 Å². The topological polar surface area (TPSA) is 141 Å². The van der Waals surface area contributed by atoms with Crippen molar-refractivity contribution in [2.75, 3.05) is 6.61 Å². The number of furan rings is 1. The number of ether oxygens (including phenoxy) is 1. The van der Waals surface area contributed by atoms with Gasteiger partial charge in [0.2, 0.25) is 0 Å². The molecule has 8 heteroatoms. The third kappa shape index (κ3) is 3.29. The number of esters is 1. The summed E-state index contributed by atoms with van der Waals surface area (Å²) in [5, 5.41) is 54.2. The van der Waals surface area contributed by atoms with Gasteiger partial charge in [0.1, 0.15) is 11.7 Å². The lowest BCUT2D eigenvalue weighted by Gasteiger charge is -2.67. The lowest BCUT2D eigenvalue weighted by molar-refractivity contribution is -0.314. The van der Waals surface area contributed by atoms with Crippen LogP contribution in [-0.4, -0.2) is 62.0 Å². The Labute approximate surface area is 176 Å². The summed E-state index contributed by atoms with van der Waals surface area (Å²) in [7, 11) is 0. The van der Waals surface area contributed by atoms with Crippen molar-refractivity contribution >= 4 is 5.97 Å². The van der Waals surface area contributed by atoms with Crippen LogP contribution < -0.4 is 0 Å². The van der Waals surface area contributed by atoms with Gasteiger partial charge in [-0.2, -0.15) is 0 Å². The van der Waals surface area contributed by atoms with E-state index in [0.29, 0.717) is 12.0 Å². The van der Waals surface area contributed by atoms with E-state index in [9.17, 15) is 30.3 Å². The van der Waals surface area contributed by atoms with Gasteiger partial charge in [0.15, 0.2) is 0 Å². The molecule has 1 aromatic rings. The molecule has 5 N–H and O–H groups in total. The van der Waals surface area contributed by atoms with Crippen LogP contribution in [0.3, 0.4) is 0 Å². The second-order valence-corrected chi connectivity index (χ2v) is 9.68. The zero-order valence-corrected chi connectivity index (χ0v) is 18.0. The molecule has 0 spiro atoms. The zero-order chi connectivity index (χ0) is 22.5. The van der Waals surface area contributed by atoms with Crippen molar-refractivity contribution in [3.63, 3.8) is 0 Å². The monoisotopic (exact) mass is 426 g/mol. The first kappa shape index (κ1) is 23.2. The number of hydrogen-bond acceptors (Lipinski definition) is 8. The van der Waals surface area contributed by atoms with Crippen LogP contribution in [-0.2, 0) is 9.53 Å². The van der Waals surface area contributed by atoms with E-state index in [1.807, 2.05) is 13.8 Å². The first-order valence-electron chi connectivity index (χ1n) is 10.5. The maximum absolute atomic E-state index is 11.9. The van der Waals surface area contributed by atoms with Crippen LogP contribution in [0.5, 0.6) is 0 Å². The van der Waals surface area contributed by atoms with Crippen molar-refractivity contribution in [2.45, 2.75) is 77.0 Å². The first-order chi connectivity index (χ1) is 13.9. The fraction of sp³-hybridized carbons (Fsp3) is 0.773. The van der Waals surface area contributed by atoms with Gasteiger partial charge in [0, 0.05) is 30.2 Å². The second kappa shape index (κ2) is 7.91. The van der Waals surface area contributed by atoms with E-state index in [4.69, 9.17) is 9.15 Å². The average Bonchev–Trinajstić information content (AvgIpc) is 3.19. The molecule has 2 saturated carbocycles. The Morgan fingerprint density at radius 2 is 1.97 bits per heavy atom. The highest BCUT2D eigenvalue weighted by molar-refractivity contribution is 5.66. The van der Waals surface area contributed by atoms with E-state index in [1.165, 1.54) is 19.5 Å². The van der Waals surface area contributed by atoms with Crippen molar-refractivity contribution in [1.29, 1.82) is 0 Å². The molecular formula is C22H34O8. The van der Waals surface area contributed by atoms with Gasteiger partial charge in [-0.25, -0.2) is 0 Å². The smallest absolute Gasteiger partial charge is 0.302 e. The molecule has 1 heterocycles. The van der Waals surface area contributed by atoms with Crippen molar-refractivity contribution in [1.82, 2.24) is 0 Å². The van der Waals surface area contributed by atoms with Gasteiger partial charge in [-0.15, -0.1) is 0 Å². The summed E-state index contributed by atoms with van der Waals surface area (Å²) in [5.41, 5.74) is -3.46. The molecule has 2 aliphatic rings. The lowest BCUT2D eigenvalue weighted by atomic mass is 9.41. The summed E-state index contributed by atoms with van der Waals surface area (Å²) in [6.07, 6.45) is -0.694. The molecule has 8 nitrogen and oxygen atoms in total. The van der Waals surface area contributed by atoms with E-state index < -0.39 is 59.3 Å². The van der Waals surface area contributed by atoms with Gasteiger partial charge in [0.25, 0.3) is 0 Å². The molecule has 0 saturated heterocycles. The average molecular weight is 427 g/mol. The number of hydrogen-bond donors (Lipinski definition) is 5. The van der Waals surface area contributed by atoms with E-state index >= 15 is 0 Å². The zero-order valence-electron chi connectivity index (χ0n) is 18.0. The van der Waals surface area contributed by atoms with Crippen LogP contribution in [0.1, 0.15) is 58.6 Å². The van der Waals surface area contributed by atoms with Gasteiger partial charge in [-0.3, -0.25) is 4.79 Å². The normalized spacial score (nSPS) is 44.9. The molecule has 30 heavy (non-hydrogen) atoms. The Balaban J connectivity index is 2.13. The largest absolute Gasteiger partial charge is 0.472 e. The fourth-order valence-electron chi connectivity index (χ4n) is 6.26. The summed E-state index contributed by atoms with van der Waals surface area (Å²) in [6.45, 7) is 6.06. The highest BCUT2D eigenvalue weighted by atomic mass is 16.5. The molecule has 2 aliphatic carbocycles. The quantitative estimate of drug-likeness (QED) is 0.442.